The van der Waals surface area contributed by atoms with E-state index in [1.165, 1.54) is 10.8 Å². The summed E-state index contributed by atoms with van der Waals surface area (Å²) < 4.78 is 16.3. The third-order valence-electron chi connectivity index (χ3n) is 9.20. The van der Waals surface area contributed by atoms with Crippen LogP contribution in [0.5, 0.6) is 0 Å². The maximum atomic E-state index is 16.3. The summed E-state index contributed by atoms with van der Waals surface area (Å²) in [6.45, 7) is 0. The SMILES string of the molecule is O=P1(c2cccc(-c3ccccc3)c2)C2=C(c3ccccc3N(c3cccc4ccccc34)c3ccccc32)c2ccccc21. The summed E-state index contributed by atoms with van der Waals surface area (Å²) in [5.41, 5.74) is 9.57. The van der Waals surface area contributed by atoms with Crippen molar-refractivity contribution in [3.05, 3.63) is 187 Å². The van der Waals surface area contributed by atoms with Crippen LogP contribution in [0.3, 0.4) is 0 Å². The van der Waals surface area contributed by atoms with Crippen molar-refractivity contribution >= 4 is 56.5 Å². The molecule has 2 aliphatic heterocycles. The minimum Gasteiger partial charge on any atom is -0.309 e. The summed E-state index contributed by atoms with van der Waals surface area (Å²) in [5, 5.41) is 5.03. The van der Waals surface area contributed by atoms with Crippen molar-refractivity contribution in [1.29, 1.82) is 0 Å². The van der Waals surface area contributed by atoms with E-state index in [-0.39, 0.29) is 0 Å². The predicted molar refractivity (Wildman–Crippen MR) is 190 cm³/mol. The zero-order valence-electron chi connectivity index (χ0n) is 24.5. The van der Waals surface area contributed by atoms with Gasteiger partial charge in [0.1, 0.15) is 0 Å². The van der Waals surface area contributed by atoms with Gasteiger partial charge in [-0.05, 0) is 46.3 Å². The van der Waals surface area contributed by atoms with E-state index >= 15 is 4.57 Å². The molecule has 9 rings (SSSR count). The smallest absolute Gasteiger partial charge is 0.172 e. The van der Waals surface area contributed by atoms with Gasteiger partial charge >= 0.3 is 0 Å². The average molecular weight is 594 g/mol. The van der Waals surface area contributed by atoms with Crippen molar-refractivity contribution in [2.75, 3.05) is 4.90 Å². The lowest BCUT2D eigenvalue weighted by molar-refractivity contribution is 0.593. The molecule has 0 aliphatic carbocycles. The van der Waals surface area contributed by atoms with Crippen molar-refractivity contribution < 1.29 is 4.57 Å². The lowest BCUT2D eigenvalue weighted by Gasteiger charge is -2.30. The van der Waals surface area contributed by atoms with E-state index in [1.807, 2.05) is 12.1 Å². The lowest BCUT2D eigenvalue weighted by atomic mass is 9.95. The number of hydrogen-bond donors (Lipinski definition) is 0. The van der Waals surface area contributed by atoms with Crippen LogP contribution in [0.2, 0.25) is 0 Å². The Morgan fingerprint density at radius 3 is 1.87 bits per heavy atom. The molecule has 0 saturated heterocycles. The zero-order valence-corrected chi connectivity index (χ0v) is 25.4. The van der Waals surface area contributed by atoms with E-state index in [4.69, 9.17) is 0 Å². The highest BCUT2D eigenvalue weighted by Crippen LogP contribution is 2.68. The van der Waals surface area contributed by atoms with Gasteiger partial charge in [-0.15, -0.1) is 0 Å². The normalized spacial score (nSPS) is 16.5. The monoisotopic (exact) mass is 593 g/mol. The van der Waals surface area contributed by atoms with Gasteiger partial charge in [0.15, 0.2) is 7.14 Å². The highest BCUT2D eigenvalue weighted by molar-refractivity contribution is 7.88. The molecule has 0 amide bonds. The fraction of sp³-hybridized carbons (Fsp3) is 0. The number of fused-ring (bicyclic) bond motifs is 7. The van der Waals surface area contributed by atoms with Gasteiger partial charge in [0, 0.05) is 38.0 Å². The highest BCUT2D eigenvalue weighted by Gasteiger charge is 2.46. The number of anilines is 3. The molecular weight excluding hydrogens is 565 g/mol. The van der Waals surface area contributed by atoms with Crippen molar-refractivity contribution in [3.63, 3.8) is 0 Å². The van der Waals surface area contributed by atoms with E-state index in [2.05, 4.69) is 163 Å². The van der Waals surface area contributed by atoms with E-state index in [9.17, 15) is 0 Å². The summed E-state index contributed by atoms with van der Waals surface area (Å²) in [6.07, 6.45) is 0. The predicted octanol–water partition coefficient (Wildman–Crippen LogP) is 10.5. The fourth-order valence-electron chi connectivity index (χ4n) is 7.26. The first kappa shape index (κ1) is 26.0. The van der Waals surface area contributed by atoms with E-state index in [0.717, 1.165) is 66.4 Å². The molecule has 2 aliphatic rings. The second-order valence-corrected chi connectivity index (χ2v) is 14.3. The summed E-state index contributed by atoms with van der Waals surface area (Å²) >= 11 is 0. The molecule has 0 radical (unpaired) electrons. The van der Waals surface area contributed by atoms with Gasteiger partial charge in [-0.1, -0.05) is 146 Å². The molecule has 7 aromatic rings. The Balaban J connectivity index is 1.39. The second-order valence-electron chi connectivity index (χ2n) is 11.6. The van der Waals surface area contributed by atoms with Crippen molar-refractivity contribution in [3.8, 4) is 11.1 Å². The van der Waals surface area contributed by atoms with Crippen LogP contribution in [-0.2, 0) is 4.57 Å². The van der Waals surface area contributed by atoms with E-state index < -0.39 is 7.14 Å². The molecular formula is C42H28NOP. The van der Waals surface area contributed by atoms with Crippen LogP contribution < -0.4 is 15.5 Å². The molecule has 3 heteroatoms. The first-order chi connectivity index (χ1) is 22.2. The first-order valence-corrected chi connectivity index (χ1v) is 17.0. The second kappa shape index (κ2) is 10.1. The number of nitrogens with zero attached hydrogens (tertiary/aromatic N) is 1. The highest BCUT2D eigenvalue weighted by atomic mass is 31.2. The maximum Gasteiger partial charge on any atom is 0.172 e. The zero-order chi connectivity index (χ0) is 30.0. The summed E-state index contributed by atoms with van der Waals surface area (Å²) in [4.78, 5) is 2.37. The van der Waals surface area contributed by atoms with Crippen LogP contribution in [0.15, 0.2) is 170 Å². The van der Waals surface area contributed by atoms with Crippen LogP contribution in [-0.4, -0.2) is 0 Å². The minimum atomic E-state index is -3.32. The third kappa shape index (κ3) is 3.80. The van der Waals surface area contributed by atoms with Crippen molar-refractivity contribution in [1.82, 2.24) is 0 Å². The molecule has 1 unspecified atom stereocenters. The van der Waals surface area contributed by atoms with Gasteiger partial charge < -0.3 is 9.46 Å². The van der Waals surface area contributed by atoms with Gasteiger partial charge in [-0.2, -0.15) is 0 Å². The first-order valence-electron chi connectivity index (χ1n) is 15.3. The van der Waals surface area contributed by atoms with Crippen LogP contribution >= 0.6 is 7.14 Å². The minimum absolute atomic E-state index is 0.854. The standard InChI is InChI=1S/C42H28NOP/c44-45(32-19-12-18-31(28-32)29-14-2-1-3-15-29)40-27-11-8-23-36(40)41-34-21-6-9-24-38(34)43(39-25-10-7-22-35(39)42(41)45)37-26-13-17-30-16-4-5-20-33(30)37/h1-28H. The molecule has 1 atom stereocenters. The van der Waals surface area contributed by atoms with E-state index in [1.54, 1.807) is 0 Å². The Morgan fingerprint density at radius 1 is 0.444 bits per heavy atom. The molecule has 0 aromatic heterocycles. The van der Waals surface area contributed by atoms with Crippen molar-refractivity contribution in [2.24, 2.45) is 0 Å². The van der Waals surface area contributed by atoms with E-state index in [0.29, 0.717) is 0 Å². The van der Waals surface area contributed by atoms with Crippen LogP contribution in [0.4, 0.5) is 17.1 Å². The molecule has 0 saturated carbocycles. The van der Waals surface area contributed by atoms with Crippen LogP contribution in [0.25, 0.3) is 32.8 Å². The summed E-state index contributed by atoms with van der Waals surface area (Å²) in [5.74, 6) is 0. The maximum absolute atomic E-state index is 16.3. The molecule has 2 nitrogen and oxygen atoms in total. The number of para-hydroxylation sites is 2. The quantitative estimate of drug-likeness (QED) is 0.190. The molecule has 0 N–H and O–H groups in total. The molecule has 0 fully saturated rings. The topological polar surface area (TPSA) is 20.3 Å². The van der Waals surface area contributed by atoms with Gasteiger partial charge in [-0.25, -0.2) is 0 Å². The van der Waals surface area contributed by atoms with Crippen LogP contribution in [0.1, 0.15) is 16.7 Å². The molecule has 7 aromatic carbocycles. The Bertz CT molecular complexity index is 2370. The Morgan fingerprint density at radius 2 is 1.02 bits per heavy atom. The molecule has 0 bridgehead atoms. The Labute approximate surface area is 262 Å². The lowest BCUT2D eigenvalue weighted by Crippen LogP contribution is -2.18. The Hall–Kier alpha value is -5.43. The number of rotatable bonds is 3. The third-order valence-corrected chi connectivity index (χ3v) is 12.4. The van der Waals surface area contributed by atoms with Gasteiger partial charge in [0.2, 0.25) is 0 Å². The Kier molecular flexibility index (Phi) is 5.81. The molecule has 0 spiro atoms. The largest absolute Gasteiger partial charge is 0.309 e. The molecule has 45 heavy (non-hydrogen) atoms. The van der Waals surface area contributed by atoms with Crippen molar-refractivity contribution in [2.45, 2.75) is 0 Å². The van der Waals surface area contributed by atoms with Gasteiger partial charge in [0.05, 0.1) is 17.1 Å². The number of hydrogen-bond acceptors (Lipinski definition) is 2. The molecule has 212 valence electrons. The van der Waals surface area contributed by atoms with Gasteiger partial charge in [0.25, 0.3) is 0 Å². The van der Waals surface area contributed by atoms with Crippen LogP contribution in [0, 0.1) is 0 Å². The van der Waals surface area contributed by atoms with Gasteiger partial charge in [-0.3, -0.25) is 0 Å². The average Bonchev–Trinajstić information content (AvgIpc) is 3.30. The summed E-state index contributed by atoms with van der Waals surface area (Å²) in [6, 6.07) is 59.2. The summed E-state index contributed by atoms with van der Waals surface area (Å²) in [7, 11) is -3.32. The molecule has 2 heterocycles. The number of benzene rings is 7. The fourth-order valence-corrected chi connectivity index (χ4v) is 10.6.